The third-order valence-corrected chi connectivity index (χ3v) is 3.15. The van der Waals surface area contributed by atoms with Crippen LogP contribution in [0.15, 0.2) is 0 Å². The Morgan fingerprint density at radius 2 is 0.958 bits per heavy atom. The second kappa shape index (κ2) is 16.4. The number of hydrogen-bond acceptors (Lipinski definition) is 4. The lowest BCUT2D eigenvalue weighted by Gasteiger charge is -2.33. The molecule has 4 heteroatoms. The van der Waals surface area contributed by atoms with Gasteiger partial charge in [0.15, 0.2) is 0 Å². The Morgan fingerprint density at radius 1 is 0.625 bits per heavy atom. The van der Waals surface area contributed by atoms with E-state index in [4.69, 9.17) is 38.2 Å². The number of terminal acetylenes is 3. The second-order valence-electron chi connectivity index (χ2n) is 5.57. The van der Waals surface area contributed by atoms with E-state index in [0.29, 0.717) is 72.1 Å². The van der Waals surface area contributed by atoms with Gasteiger partial charge in [-0.2, -0.15) is 0 Å². The summed E-state index contributed by atoms with van der Waals surface area (Å²) in [5.74, 6) is 7.69. The van der Waals surface area contributed by atoms with Crippen LogP contribution in [0.3, 0.4) is 0 Å². The van der Waals surface area contributed by atoms with E-state index in [0.717, 1.165) is 6.42 Å². The van der Waals surface area contributed by atoms with Crippen LogP contribution in [0.4, 0.5) is 0 Å². The highest BCUT2D eigenvalue weighted by Crippen LogP contribution is 2.21. The van der Waals surface area contributed by atoms with Crippen molar-refractivity contribution in [1.82, 2.24) is 0 Å². The summed E-state index contributed by atoms with van der Waals surface area (Å²) in [4.78, 5) is 0. The first-order valence-corrected chi connectivity index (χ1v) is 8.36. The highest BCUT2D eigenvalue weighted by atomic mass is 16.5. The maximum absolute atomic E-state index is 5.76. The van der Waals surface area contributed by atoms with Gasteiger partial charge < -0.3 is 18.9 Å². The van der Waals surface area contributed by atoms with Gasteiger partial charge in [0.05, 0.1) is 51.7 Å². The molecule has 0 saturated carbocycles. The van der Waals surface area contributed by atoms with Crippen LogP contribution >= 0.6 is 0 Å². The maximum atomic E-state index is 5.76. The van der Waals surface area contributed by atoms with Gasteiger partial charge in [-0.3, -0.25) is 0 Å². The zero-order valence-electron chi connectivity index (χ0n) is 14.9. The van der Waals surface area contributed by atoms with E-state index in [1.807, 2.05) is 0 Å². The van der Waals surface area contributed by atoms with Gasteiger partial charge in [-0.05, 0) is 6.42 Å². The van der Waals surface area contributed by atoms with Crippen LogP contribution in [0.25, 0.3) is 0 Å². The zero-order chi connectivity index (χ0) is 17.9. The van der Waals surface area contributed by atoms with Crippen LogP contribution < -0.4 is 0 Å². The van der Waals surface area contributed by atoms with Crippen LogP contribution in [0.2, 0.25) is 0 Å². The van der Waals surface area contributed by atoms with Gasteiger partial charge in [-0.1, -0.05) is 6.92 Å². The standard InChI is InChI=1S/C20H30O4/c1-5-9-13-22-17-20(16-21-12-8-4,18-23-14-10-6-2)19-24-15-11-7-3/h1-3H,8-19H2,4H3. The van der Waals surface area contributed by atoms with Gasteiger partial charge in [0.1, 0.15) is 0 Å². The molecule has 4 nitrogen and oxygen atoms in total. The summed E-state index contributed by atoms with van der Waals surface area (Å²) in [5.41, 5.74) is -0.396. The monoisotopic (exact) mass is 334 g/mol. The summed E-state index contributed by atoms with van der Waals surface area (Å²) >= 11 is 0. The van der Waals surface area contributed by atoms with Gasteiger partial charge in [0, 0.05) is 25.9 Å². The van der Waals surface area contributed by atoms with Gasteiger partial charge in [-0.15, -0.1) is 37.0 Å². The smallest absolute Gasteiger partial charge is 0.0637 e. The van der Waals surface area contributed by atoms with Gasteiger partial charge in [-0.25, -0.2) is 0 Å². The molecule has 0 spiro atoms. The molecule has 0 unspecified atom stereocenters. The van der Waals surface area contributed by atoms with Crippen molar-refractivity contribution in [1.29, 1.82) is 0 Å². The summed E-state index contributed by atoms with van der Waals surface area (Å²) in [7, 11) is 0. The molecule has 0 amide bonds. The van der Waals surface area contributed by atoms with Crippen molar-refractivity contribution in [3.63, 3.8) is 0 Å². The summed E-state index contributed by atoms with van der Waals surface area (Å²) in [6, 6.07) is 0. The lowest BCUT2D eigenvalue weighted by molar-refractivity contribution is -0.105. The molecule has 0 aromatic heterocycles. The third-order valence-electron chi connectivity index (χ3n) is 3.15. The van der Waals surface area contributed by atoms with Crippen LogP contribution in [0, 0.1) is 42.4 Å². The molecular weight excluding hydrogens is 304 g/mol. The fourth-order valence-corrected chi connectivity index (χ4v) is 1.94. The van der Waals surface area contributed by atoms with Gasteiger partial charge in [0.25, 0.3) is 0 Å². The minimum Gasteiger partial charge on any atom is -0.381 e. The van der Waals surface area contributed by atoms with Crippen molar-refractivity contribution in [3.05, 3.63) is 0 Å². The van der Waals surface area contributed by atoms with E-state index in [1.54, 1.807) is 0 Å². The Labute approximate surface area is 147 Å². The first-order valence-electron chi connectivity index (χ1n) is 8.36. The average Bonchev–Trinajstić information content (AvgIpc) is 2.60. The Hall–Kier alpha value is -1.48. The molecule has 0 aliphatic rings. The molecule has 0 radical (unpaired) electrons. The van der Waals surface area contributed by atoms with Crippen molar-refractivity contribution < 1.29 is 18.9 Å². The Kier molecular flexibility index (Phi) is 15.4. The van der Waals surface area contributed by atoms with Crippen molar-refractivity contribution >= 4 is 0 Å². The predicted molar refractivity (Wildman–Crippen MR) is 96.4 cm³/mol. The van der Waals surface area contributed by atoms with Crippen molar-refractivity contribution in [2.24, 2.45) is 5.41 Å². The third kappa shape index (κ3) is 12.0. The van der Waals surface area contributed by atoms with Crippen molar-refractivity contribution in [2.45, 2.75) is 32.6 Å². The largest absolute Gasteiger partial charge is 0.381 e. The lowest BCUT2D eigenvalue weighted by Crippen LogP contribution is -2.42. The fraction of sp³-hybridized carbons (Fsp3) is 0.700. The Balaban J connectivity index is 4.69. The topological polar surface area (TPSA) is 36.9 Å². The van der Waals surface area contributed by atoms with E-state index in [1.165, 1.54) is 0 Å². The van der Waals surface area contributed by atoms with Gasteiger partial charge in [0.2, 0.25) is 0 Å². The highest BCUT2D eigenvalue weighted by molar-refractivity contribution is 4.86. The molecule has 0 aliphatic carbocycles. The SMILES string of the molecule is C#CCCOCC(COCCC)(COCCC#C)COCCC#C. The number of ether oxygens (including phenoxy) is 4. The van der Waals surface area contributed by atoms with E-state index in [9.17, 15) is 0 Å². The van der Waals surface area contributed by atoms with E-state index in [-0.39, 0.29) is 0 Å². The number of rotatable bonds is 16. The van der Waals surface area contributed by atoms with Crippen LogP contribution in [0.1, 0.15) is 32.6 Å². The first-order chi connectivity index (χ1) is 11.7. The fourth-order valence-electron chi connectivity index (χ4n) is 1.94. The van der Waals surface area contributed by atoms with Crippen LogP contribution in [0.5, 0.6) is 0 Å². The molecule has 0 atom stereocenters. The molecule has 0 fully saturated rings. The number of hydrogen-bond donors (Lipinski definition) is 0. The summed E-state index contributed by atoms with van der Waals surface area (Å²) in [6.07, 6.45) is 18.4. The molecule has 24 heavy (non-hydrogen) atoms. The molecule has 0 aliphatic heterocycles. The van der Waals surface area contributed by atoms with Crippen molar-refractivity contribution in [2.75, 3.05) is 52.9 Å². The van der Waals surface area contributed by atoms with E-state index in [2.05, 4.69) is 24.7 Å². The molecule has 0 N–H and O–H groups in total. The summed E-state index contributed by atoms with van der Waals surface area (Å²) in [5, 5.41) is 0. The van der Waals surface area contributed by atoms with E-state index < -0.39 is 5.41 Å². The van der Waals surface area contributed by atoms with Gasteiger partial charge >= 0.3 is 0 Å². The quantitative estimate of drug-likeness (QED) is 0.321. The molecule has 0 saturated heterocycles. The molecule has 0 aromatic rings. The highest BCUT2D eigenvalue weighted by Gasteiger charge is 2.32. The van der Waals surface area contributed by atoms with Crippen LogP contribution in [-0.2, 0) is 18.9 Å². The minimum absolute atomic E-state index is 0.396. The zero-order valence-corrected chi connectivity index (χ0v) is 14.9. The molecular formula is C20H30O4. The Morgan fingerprint density at radius 3 is 1.25 bits per heavy atom. The molecule has 0 aromatic carbocycles. The molecule has 0 rings (SSSR count). The second-order valence-corrected chi connectivity index (χ2v) is 5.57. The average molecular weight is 334 g/mol. The summed E-state index contributed by atoms with van der Waals surface area (Å²) < 4.78 is 22.9. The minimum atomic E-state index is -0.396. The predicted octanol–water partition coefficient (Wildman–Crippen LogP) is 2.52. The summed E-state index contributed by atoms with van der Waals surface area (Å²) in [6.45, 7) is 6.09. The van der Waals surface area contributed by atoms with E-state index >= 15 is 0 Å². The molecule has 134 valence electrons. The lowest BCUT2D eigenvalue weighted by atomic mass is 9.92. The molecule has 0 heterocycles. The van der Waals surface area contributed by atoms with Crippen molar-refractivity contribution in [3.8, 4) is 37.0 Å². The maximum Gasteiger partial charge on any atom is 0.0637 e. The van der Waals surface area contributed by atoms with Crippen LogP contribution in [-0.4, -0.2) is 52.9 Å². The first kappa shape index (κ1) is 22.5. The Bertz CT molecular complexity index is 356. The normalized spacial score (nSPS) is 10.8. The molecule has 0 bridgehead atoms.